The highest BCUT2D eigenvalue weighted by Gasteiger charge is 2.49. The number of benzene rings is 2. The Morgan fingerprint density at radius 2 is 2.02 bits per heavy atom. The van der Waals surface area contributed by atoms with Gasteiger partial charge >= 0.3 is 6.01 Å². The first-order valence-corrected chi connectivity index (χ1v) is 15.5. The second-order valence-electron chi connectivity index (χ2n) is 11.5. The number of nitrogens with zero attached hydrogens (tertiary/aromatic N) is 6. The van der Waals surface area contributed by atoms with Gasteiger partial charge < -0.3 is 20.3 Å². The van der Waals surface area contributed by atoms with Crippen LogP contribution in [0.25, 0.3) is 32.1 Å². The van der Waals surface area contributed by atoms with Crippen LogP contribution in [0.15, 0.2) is 18.2 Å². The number of nitrogen functional groups attached to an aromatic ring is 1. The number of hydrogen-bond donors (Lipinski definition) is 1. The number of rotatable bonds is 6. The summed E-state index contributed by atoms with van der Waals surface area (Å²) < 4.78 is 52.2. The number of aromatic nitrogens is 2. The summed E-state index contributed by atoms with van der Waals surface area (Å²) >= 11 is 7.67. The van der Waals surface area contributed by atoms with Gasteiger partial charge in [-0.1, -0.05) is 17.7 Å². The van der Waals surface area contributed by atoms with Gasteiger partial charge in [0.15, 0.2) is 5.82 Å². The molecule has 228 valence electrons. The maximum atomic E-state index is 16.8. The Labute approximate surface area is 259 Å². The molecule has 3 saturated heterocycles. The molecule has 2 aromatic carbocycles. The third kappa shape index (κ3) is 4.58. The molecule has 7 rings (SSSR count). The number of hydrogen-bond acceptors (Lipinski definition) is 9. The maximum Gasteiger partial charge on any atom is 0.319 e. The number of ether oxygens (including phenoxy) is 1. The minimum absolute atomic E-state index is 0.0158. The van der Waals surface area contributed by atoms with Crippen LogP contribution in [0.1, 0.15) is 24.8 Å². The molecule has 0 unspecified atom stereocenters. The van der Waals surface area contributed by atoms with Crippen molar-refractivity contribution in [2.75, 3.05) is 56.5 Å². The van der Waals surface area contributed by atoms with Crippen molar-refractivity contribution in [1.29, 1.82) is 5.26 Å². The standard InChI is InChI=1S/C30H27ClF3N7O2S/c31-20-10-18-25(24(34)23(20)17-2-3-21(33)26-22(17)19(12-35)27(36)44-26)37-29(38-28(18)40-8-6-39(15-42)7-9-40)43-14-30-4-1-5-41(30)13-16(32)11-30/h2-3,10,15-16H,1,4-9,11,13-14,36H2/t16-,30+/m1/s1. The number of halogens is 4. The molecule has 0 radical (unpaired) electrons. The van der Waals surface area contributed by atoms with E-state index in [2.05, 4.69) is 14.9 Å². The first-order valence-electron chi connectivity index (χ1n) is 14.3. The topological polar surface area (TPSA) is 112 Å². The number of anilines is 2. The Kier molecular flexibility index (Phi) is 7.18. The van der Waals surface area contributed by atoms with Gasteiger partial charge in [0.05, 0.1) is 20.8 Å². The van der Waals surface area contributed by atoms with Crippen molar-refractivity contribution >= 4 is 61.2 Å². The third-order valence-corrected chi connectivity index (χ3v) is 10.4. The fraction of sp³-hybridized carbons (Fsp3) is 0.400. The van der Waals surface area contributed by atoms with Gasteiger partial charge in [-0.25, -0.2) is 13.2 Å². The van der Waals surface area contributed by atoms with Crippen molar-refractivity contribution in [1.82, 2.24) is 19.8 Å². The van der Waals surface area contributed by atoms with Crippen LogP contribution in [0.2, 0.25) is 5.02 Å². The highest BCUT2D eigenvalue weighted by molar-refractivity contribution is 7.23. The Balaban J connectivity index is 1.38. The number of nitrogens with two attached hydrogens (primary N) is 1. The van der Waals surface area contributed by atoms with Crippen LogP contribution >= 0.6 is 22.9 Å². The van der Waals surface area contributed by atoms with Gasteiger partial charge in [0.25, 0.3) is 0 Å². The minimum atomic E-state index is -0.944. The second kappa shape index (κ2) is 10.9. The van der Waals surface area contributed by atoms with E-state index in [9.17, 15) is 18.8 Å². The smallest absolute Gasteiger partial charge is 0.319 e. The van der Waals surface area contributed by atoms with Crippen molar-refractivity contribution in [3.05, 3.63) is 40.4 Å². The normalized spacial score (nSPS) is 22.1. The predicted octanol–water partition coefficient (Wildman–Crippen LogP) is 5.13. The molecule has 2 aromatic heterocycles. The van der Waals surface area contributed by atoms with E-state index >= 15 is 4.39 Å². The fourth-order valence-electron chi connectivity index (χ4n) is 6.91. The first-order chi connectivity index (χ1) is 21.2. The molecular formula is C30H27ClF3N7O2S. The molecule has 0 spiro atoms. The molecule has 2 N–H and O–H groups in total. The second-order valence-corrected chi connectivity index (χ2v) is 13.0. The largest absolute Gasteiger partial charge is 0.461 e. The van der Waals surface area contributed by atoms with Crippen molar-refractivity contribution in [3.8, 4) is 23.2 Å². The molecule has 44 heavy (non-hydrogen) atoms. The molecule has 3 aliphatic heterocycles. The Morgan fingerprint density at radius 3 is 2.77 bits per heavy atom. The van der Waals surface area contributed by atoms with Crippen molar-refractivity contribution < 1.29 is 22.7 Å². The lowest BCUT2D eigenvalue weighted by Gasteiger charge is -2.34. The third-order valence-electron chi connectivity index (χ3n) is 9.04. The number of nitriles is 1. The van der Waals surface area contributed by atoms with E-state index < -0.39 is 23.3 Å². The van der Waals surface area contributed by atoms with E-state index in [0.29, 0.717) is 50.3 Å². The predicted molar refractivity (Wildman–Crippen MR) is 163 cm³/mol. The lowest BCUT2D eigenvalue weighted by molar-refractivity contribution is -0.118. The number of alkyl halides is 1. The highest BCUT2D eigenvalue weighted by atomic mass is 35.5. The van der Waals surface area contributed by atoms with Crippen LogP contribution in [0.4, 0.5) is 24.0 Å². The monoisotopic (exact) mass is 641 g/mol. The SMILES string of the molecule is N#Cc1c(N)sc2c(F)ccc(-c3c(Cl)cc4c(N5CCN(C=O)CC5)nc(OC[C@@]56CCCN5C[C@H](F)C6)nc4c3F)c12. The summed E-state index contributed by atoms with van der Waals surface area (Å²) in [6, 6.07) is 6.06. The number of thiophene rings is 1. The Hall–Kier alpha value is -3.86. The number of fused-ring (bicyclic) bond motifs is 3. The van der Waals surface area contributed by atoms with E-state index in [1.165, 1.54) is 12.1 Å². The molecule has 2 atom stereocenters. The Morgan fingerprint density at radius 1 is 1.23 bits per heavy atom. The molecule has 0 aliphatic carbocycles. The highest BCUT2D eigenvalue weighted by Crippen LogP contribution is 2.46. The van der Waals surface area contributed by atoms with Gasteiger partial charge in [-0.3, -0.25) is 9.69 Å². The number of carbonyl (C=O) groups excluding carboxylic acids is 1. The minimum Gasteiger partial charge on any atom is -0.461 e. The molecule has 0 bridgehead atoms. The van der Waals surface area contributed by atoms with E-state index in [-0.39, 0.29) is 54.9 Å². The zero-order valence-corrected chi connectivity index (χ0v) is 25.0. The lowest BCUT2D eigenvalue weighted by atomic mass is 9.95. The van der Waals surface area contributed by atoms with Crippen LogP contribution in [-0.2, 0) is 4.79 Å². The van der Waals surface area contributed by atoms with E-state index in [1.807, 2.05) is 11.0 Å². The van der Waals surface area contributed by atoms with E-state index in [0.717, 1.165) is 37.1 Å². The van der Waals surface area contributed by atoms with Gasteiger partial charge in [0.2, 0.25) is 6.41 Å². The zero-order valence-electron chi connectivity index (χ0n) is 23.5. The zero-order chi connectivity index (χ0) is 30.7. The molecule has 4 aromatic rings. The van der Waals surface area contributed by atoms with E-state index in [4.69, 9.17) is 22.1 Å². The van der Waals surface area contributed by atoms with Gasteiger partial charge in [0, 0.05) is 55.5 Å². The summed E-state index contributed by atoms with van der Waals surface area (Å²) in [6.07, 6.45) is 1.90. The van der Waals surface area contributed by atoms with Crippen LogP contribution in [0.3, 0.4) is 0 Å². The van der Waals surface area contributed by atoms with Crippen LogP contribution in [0.5, 0.6) is 6.01 Å². The molecule has 14 heteroatoms. The summed E-state index contributed by atoms with van der Waals surface area (Å²) in [7, 11) is 0. The van der Waals surface area contributed by atoms with Crippen molar-refractivity contribution in [3.63, 3.8) is 0 Å². The quantitative estimate of drug-likeness (QED) is 0.289. The summed E-state index contributed by atoms with van der Waals surface area (Å²) in [5, 5.41) is 10.4. The first kappa shape index (κ1) is 28.9. The molecule has 0 saturated carbocycles. The summed E-state index contributed by atoms with van der Waals surface area (Å²) in [5.74, 6) is -0.989. The average molecular weight is 642 g/mol. The molecular weight excluding hydrogens is 615 g/mol. The molecule has 1 amide bonds. The maximum absolute atomic E-state index is 16.8. The van der Waals surface area contributed by atoms with Gasteiger partial charge in [-0.05, 0) is 37.1 Å². The van der Waals surface area contributed by atoms with Gasteiger partial charge in [-0.2, -0.15) is 15.2 Å². The number of carbonyl (C=O) groups is 1. The fourth-order valence-corrected chi connectivity index (χ4v) is 8.15. The summed E-state index contributed by atoms with van der Waals surface area (Å²) in [5.41, 5.74) is 5.67. The average Bonchev–Trinajstić information content (AvgIpc) is 3.66. The lowest BCUT2D eigenvalue weighted by Crippen LogP contribution is -2.46. The van der Waals surface area contributed by atoms with Crippen molar-refractivity contribution in [2.24, 2.45) is 0 Å². The van der Waals surface area contributed by atoms with Gasteiger partial charge in [0.1, 0.15) is 41.0 Å². The van der Waals surface area contributed by atoms with E-state index in [1.54, 1.807) is 11.0 Å². The van der Waals surface area contributed by atoms with Crippen LogP contribution < -0.4 is 15.4 Å². The molecule has 9 nitrogen and oxygen atoms in total. The van der Waals surface area contributed by atoms with Gasteiger partial charge in [-0.15, -0.1) is 11.3 Å². The number of amides is 1. The Bertz CT molecular complexity index is 1860. The summed E-state index contributed by atoms with van der Waals surface area (Å²) in [4.78, 5) is 26.2. The number of piperazine rings is 1. The molecule has 3 aliphatic rings. The molecule has 5 heterocycles. The molecule has 3 fully saturated rings. The van der Waals surface area contributed by atoms with Crippen LogP contribution in [-0.4, -0.2) is 83.8 Å². The van der Waals surface area contributed by atoms with Crippen molar-refractivity contribution in [2.45, 2.75) is 31.0 Å². The van der Waals surface area contributed by atoms with Crippen LogP contribution in [0, 0.1) is 23.0 Å². The summed E-state index contributed by atoms with van der Waals surface area (Å²) in [6.45, 7) is 3.05.